The maximum atomic E-state index is 14.7. The lowest BCUT2D eigenvalue weighted by Gasteiger charge is -2.69. The van der Waals surface area contributed by atoms with Crippen LogP contribution in [0, 0.1) is 36.0 Å². The number of aromatic carboxylic acids is 1. The summed E-state index contributed by atoms with van der Waals surface area (Å²) in [7, 11) is -2.18. The van der Waals surface area contributed by atoms with Crippen molar-refractivity contribution in [1.29, 1.82) is 0 Å². The van der Waals surface area contributed by atoms with Crippen LogP contribution in [0.5, 0.6) is 0 Å². The number of carbonyl (C=O) groups excluding carboxylic acids is 9. The van der Waals surface area contributed by atoms with Gasteiger partial charge >= 0.3 is 31.7 Å². The summed E-state index contributed by atoms with van der Waals surface area (Å²) in [5.74, 6) is -6.27. The summed E-state index contributed by atoms with van der Waals surface area (Å²) in [6.45, 7) is 14.6. The van der Waals surface area contributed by atoms with Crippen molar-refractivity contribution >= 4 is 123 Å². The lowest BCUT2D eigenvalue weighted by atomic mass is 9.39. The predicted octanol–water partition coefficient (Wildman–Crippen LogP) is 8.31. The molecule has 0 spiro atoms. The van der Waals surface area contributed by atoms with Crippen molar-refractivity contribution in [2.75, 3.05) is 101 Å². The molecule has 10 amide bonds. The number of ether oxygens (including phenoxy) is 3. The van der Waals surface area contributed by atoms with E-state index in [0.29, 0.717) is 53.2 Å². The molecule has 0 radical (unpaired) electrons. The van der Waals surface area contributed by atoms with Gasteiger partial charge < -0.3 is 96.0 Å². The Morgan fingerprint density at radius 3 is 2.19 bits per heavy atom. The Labute approximate surface area is 734 Å². The van der Waals surface area contributed by atoms with Gasteiger partial charge in [0.05, 0.1) is 86.9 Å². The molecule has 682 valence electrons. The second-order valence-corrected chi connectivity index (χ2v) is 37.6. The summed E-state index contributed by atoms with van der Waals surface area (Å²) in [6, 6.07) is 10.8. The lowest BCUT2D eigenvalue weighted by Crippen LogP contribution is -2.64. The fourth-order valence-corrected chi connectivity index (χ4v) is 21.3. The minimum absolute atomic E-state index is 0.00163. The van der Waals surface area contributed by atoms with Crippen LogP contribution in [0.2, 0.25) is 0 Å². The number of nitrogens with zero attached hydrogens (tertiary/aromatic N) is 10. The summed E-state index contributed by atoms with van der Waals surface area (Å²) < 4.78 is 45.5. The lowest BCUT2D eigenvalue weighted by molar-refractivity contribution is -0.248. The SMILES string of the molecule is CCOP(=O)(CCCC(=O)N[C@@H](CC(=O)N(C)Cc1cc(NC(=O)[C@H](CCCNC(N)=O)NC(=O)[C@@H](NC(=O)CCOCCN2C(=O)C=CC2=O)C(C)C)ccc1COC(=O)N(CCOC12CC3(C)CC(C)(CC(Cn4ncc(-c5ccc(N6CCCc7c6nnc(Nc6nc8ccccc8s6)c7C)nc5C(=O)O)c4C)(C3)C1)C2)CC[C@H](O)CO)C(=O)O)OCC. The number of nitrogens with one attached hydrogen (secondary N) is 6. The zero-order chi connectivity index (χ0) is 91.0. The van der Waals surface area contributed by atoms with Crippen LogP contribution in [0.4, 0.5) is 37.9 Å². The molecule has 6 atom stereocenters. The Morgan fingerprint density at radius 2 is 1.51 bits per heavy atom. The van der Waals surface area contributed by atoms with Crippen LogP contribution >= 0.6 is 18.9 Å². The second kappa shape index (κ2) is 42.1. The molecule has 4 saturated carbocycles. The van der Waals surface area contributed by atoms with Gasteiger partial charge in [-0.3, -0.25) is 47.7 Å². The van der Waals surface area contributed by atoms with E-state index in [1.807, 2.05) is 53.8 Å². The minimum Gasteiger partial charge on any atom is -0.480 e. The molecule has 126 heavy (non-hydrogen) atoms. The van der Waals surface area contributed by atoms with Crippen molar-refractivity contribution in [2.45, 2.75) is 201 Å². The van der Waals surface area contributed by atoms with E-state index in [1.165, 1.54) is 41.5 Å². The Balaban J connectivity index is 0.784. The summed E-state index contributed by atoms with van der Waals surface area (Å²) >= 11 is 1.52. The molecule has 2 aromatic carbocycles. The number of aliphatic carboxylic acids is 1. The number of thiazole rings is 1. The molecule has 12 rings (SSSR count). The molecule has 2 unspecified atom stereocenters. The van der Waals surface area contributed by atoms with Crippen LogP contribution in [0.15, 0.2) is 72.9 Å². The molecule has 6 aliphatic rings. The van der Waals surface area contributed by atoms with Gasteiger partial charge in [0.25, 0.3) is 11.8 Å². The molecule has 6 aromatic rings. The average Bonchev–Trinajstić information content (AvgIpc) is 0.783. The first-order valence-electron chi connectivity index (χ1n) is 42.6. The fourth-order valence-electron chi connectivity index (χ4n) is 18.8. The summed E-state index contributed by atoms with van der Waals surface area (Å²) in [5.41, 5.74) is 9.09. The van der Waals surface area contributed by atoms with Gasteiger partial charge in [-0.1, -0.05) is 57.2 Å². The Morgan fingerprint density at radius 1 is 0.786 bits per heavy atom. The highest BCUT2D eigenvalue weighted by atomic mass is 32.1. The van der Waals surface area contributed by atoms with Crippen LogP contribution in [0.25, 0.3) is 21.3 Å². The molecule has 40 heteroatoms. The highest BCUT2D eigenvalue weighted by Gasteiger charge is 2.66. The summed E-state index contributed by atoms with van der Waals surface area (Å²) in [6.07, 6.45) is 6.83. The van der Waals surface area contributed by atoms with Crippen LogP contribution in [0.3, 0.4) is 0 Å². The second-order valence-electron chi connectivity index (χ2n) is 34.4. The van der Waals surface area contributed by atoms with Crippen LogP contribution in [-0.2, 0) is 92.3 Å². The number of carboxylic acids is 2. The number of pyridine rings is 1. The molecule has 4 bridgehead atoms. The molecular formula is C86H116N17O21PS. The van der Waals surface area contributed by atoms with Gasteiger partial charge in [-0.2, -0.15) is 5.10 Å². The number of carbonyl (C=O) groups is 11. The smallest absolute Gasteiger partial charge is 0.410 e. The fraction of sp³-hybridized carbons (Fsp3) is 0.558. The number of aromatic nitrogens is 6. The van der Waals surface area contributed by atoms with Crippen molar-refractivity contribution < 1.29 is 101 Å². The third-order valence-corrected chi connectivity index (χ3v) is 26.7. The number of fused-ring (bicyclic) bond motifs is 2. The number of aliphatic hydroxyl groups excluding tert-OH is 2. The number of hydrogen-bond acceptors (Lipinski definition) is 27. The van der Waals surface area contributed by atoms with Gasteiger partial charge in [0.2, 0.25) is 29.5 Å². The first kappa shape index (κ1) is 95.7. The Hall–Kier alpha value is -10.9. The zero-order valence-corrected chi connectivity index (χ0v) is 74.4. The predicted molar refractivity (Wildman–Crippen MR) is 464 cm³/mol. The van der Waals surface area contributed by atoms with E-state index in [9.17, 15) is 77.7 Å². The molecule has 2 aliphatic heterocycles. The maximum Gasteiger partial charge on any atom is 0.410 e. The van der Waals surface area contributed by atoms with Crippen molar-refractivity contribution in [3.05, 3.63) is 107 Å². The molecule has 4 aromatic heterocycles. The molecule has 12 N–H and O–H groups in total. The van der Waals surface area contributed by atoms with Gasteiger partial charge in [-0.15, -0.1) is 10.2 Å². The van der Waals surface area contributed by atoms with Gasteiger partial charge in [0.1, 0.15) is 30.6 Å². The van der Waals surface area contributed by atoms with E-state index in [2.05, 4.69) is 55.9 Å². The number of hydrogen-bond donors (Lipinski definition) is 11. The highest BCUT2D eigenvalue weighted by molar-refractivity contribution is 7.53. The highest BCUT2D eigenvalue weighted by Crippen LogP contribution is 2.72. The molecule has 4 fully saturated rings. The van der Waals surface area contributed by atoms with Crippen molar-refractivity contribution in [3.63, 3.8) is 0 Å². The zero-order valence-electron chi connectivity index (χ0n) is 72.7. The van der Waals surface area contributed by atoms with Crippen LogP contribution in [0.1, 0.15) is 170 Å². The summed E-state index contributed by atoms with van der Waals surface area (Å²) in [4.78, 5) is 161. The number of aliphatic hydroxyl groups is 2. The van der Waals surface area contributed by atoms with E-state index in [1.54, 1.807) is 40.0 Å². The quantitative estimate of drug-likeness (QED) is 0.00971. The van der Waals surface area contributed by atoms with E-state index < -0.39 is 128 Å². The molecule has 6 heterocycles. The first-order chi connectivity index (χ1) is 59.9. The number of benzene rings is 2. The van der Waals surface area contributed by atoms with Crippen molar-refractivity contribution in [2.24, 2.45) is 27.9 Å². The Bertz CT molecular complexity index is 5020. The molecule has 4 aliphatic carbocycles. The number of imide groups is 1. The number of amides is 10. The van der Waals surface area contributed by atoms with Crippen LogP contribution in [-0.4, -0.2) is 246 Å². The van der Waals surface area contributed by atoms with Gasteiger partial charge in [-0.05, 0) is 174 Å². The topological polar surface area (TPSA) is 512 Å². The van der Waals surface area contributed by atoms with E-state index >= 15 is 0 Å². The standard InChI is InChI=1S/C86H116N17O21PS/c1-10-123-125(119,124-11-2)38-16-21-67(106)91-64(78(113)114)40-71(110)99(9)42-56-39-57(90-76(111)63(19-14-30-88-80(87)117)92-77(112)72(52(3)4)95-68(107)29-35-120-36-34-102-69(108)26-27-70(102)109)23-22-55(56)44-121-82(118)100(32-28-58(105)43-104)33-37-122-86-48-83(7)45-84(8,49-86)47-85(46-83,50-86)51-103-54(6)61(41-89-103)60-24-25-66(94-73(60)79(115)116)101-31-15-17-59-53(5)74(97-98-75(59)101)96-81-93-62-18-12-13-20-65(62)126-81/h12-13,18,20,22-27,39,41,52,58,63-64,72,104-105H,10-11,14-17,19,21,28-38,40,42-51H2,1-9H3,(H,90,111)(H,91,106)(H,92,112)(H,95,107)(H,113,114)(H,115,116)(H3,87,88,117)(H,93,96,97)/t58-,63-,64-,72-,83?,84?,85?,86?/m0/s1. The number of urea groups is 1. The molecule has 0 saturated heterocycles. The van der Waals surface area contributed by atoms with E-state index in [0.717, 1.165) is 93.9 Å². The average molecular weight is 1790 g/mol. The number of anilines is 5. The van der Waals surface area contributed by atoms with Crippen molar-refractivity contribution in [1.82, 2.24) is 65.9 Å². The number of primary amides is 1. The van der Waals surface area contributed by atoms with Gasteiger partial charge in [0, 0.05) is 105 Å². The van der Waals surface area contributed by atoms with Gasteiger partial charge in [0.15, 0.2) is 22.5 Å². The van der Waals surface area contributed by atoms with E-state index in [-0.39, 0.29) is 149 Å². The molecular weight excluding hydrogens is 1670 g/mol. The number of rotatable bonds is 47. The van der Waals surface area contributed by atoms with Crippen molar-refractivity contribution in [3.8, 4) is 11.1 Å². The van der Waals surface area contributed by atoms with E-state index in [4.69, 9.17) is 44.1 Å². The number of carboxylic acid groups (broad SMARTS) is 2. The third kappa shape index (κ3) is 24.4. The number of para-hydroxylation sites is 1. The first-order valence-corrected chi connectivity index (χ1v) is 45.2. The Kier molecular flexibility index (Phi) is 32.0. The number of nitrogens with two attached hydrogens (primary N) is 1. The third-order valence-electron chi connectivity index (χ3n) is 23.6. The summed E-state index contributed by atoms with van der Waals surface area (Å²) in [5, 5.41) is 73.3. The maximum absolute atomic E-state index is 14.7. The normalized spacial score (nSPS) is 19.7. The molecule has 38 nitrogen and oxygen atoms in total. The van der Waals surface area contributed by atoms with Gasteiger partial charge in [-0.25, -0.2) is 29.1 Å². The minimum atomic E-state index is -3.54. The largest absolute Gasteiger partial charge is 0.480 e. The van der Waals surface area contributed by atoms with Crippen LogP contribution < -0.4 is 42.5 Å². The monoisotopic (exact) mass is 1790 g/mol.